The number of benzene rings is 1. The van der Waals surface area contributed by atoms with E-state index in [2.05, 4.69) is 10.6 Å². The van der Waals surface area contributed by atoms with Crippen LogP contribution in [0.1, 0.15) is 44.2 Å². The lowest BCUT2D eigenvalue weighted by atomic mass is 10.0. The average molecular weight is 375 g/mol. The highest BCUT2D eigenvalue weighted by Crippen LogP contribution is 2.32. The van der Waals surface area contributed by atoms with Crippen LogP contribution in [-0.4, -0.2) is 36.6 Å². The summed E-state index contributed by atoms with van der Waals surface area (Å²) < 4.78 is 12.7. The minimum absolute atomic E-state index is 0.193. The molecule has 1 aromatic heterocycles. The Balaban J connectivity index is 2.05. The van der Waals surface area contributed by atoms with Crippen LogP contribution in [0.4, 0.5) is 0 Å². The number of oxazole rings is 1. The Morgan fingerprint density at radius 1 is 1.33 bits per heavy atom. The number of aromatic nitrogens is 1. The van der Waals surface area contributed by atoms with Gasteiger partial charge in [0.15, 0.2) is 5.58 Å². The molecule has 0 saturated carbocycles. The number of nitrogens with one attached hydrogen (secondary N) is 2. The van der Waals surface area contributed by atoms with Gasteiger partial charge < -0.3 is 14.5 Å². The molecule has 1 aromatic carbocycles. The number of carbonyl (C=O) groups is 2. The van der Waals surface area contributed by atoms with E-state index in [0.717, 1.165) is 24.9 Å². The van der Waals surface area contributed by atoms with Crippen molar-refractivity contribution in [3.63, 3.8) is 0 Å². The van der Waals surface area contributed by atoms with Crippen LogP contribution < -0.4 is 21.1 Å². The van der Waals surface area contributed by atoms with Crippen molar-refractivity contribution in [2.24, 2.45) is 0 Å². The van der Waals surface area contributed by atoms with Crippen molar-refractivity contribution in [1.82, 2.24) is 15.2 Å². The van der Waals surface area contributed by atoms with Crippen LogP contribution in [0.25, 0.3) is 11.1 Å². The predicted octanol–water partition coefficient (Wildman–Crippen LogP) is 1.51. The zero-order chi connectivity index (χ0) is 19.4. The van der Waals surface area contributed by atoms with Crippen molar-refractivity contribution in [3.05, 3.63) is 28.2 Å². The Bertz CT molecular complexity index is 899. The molecule has 1 fully saturated rings. The molecule has 0 bridgehead atoms. The smallest absolute Gasteiger partial charge is 0.420 e. The molecule has 1 aliphatic rings. The van der Waals surface area contributed by atoms with E-state index in [1.54, 1.807) is 6.07 Å². The highest BCUT2D eigenvalue weighted by atomic mass is 16.5. The second kappa shape index (κ2) is 8.39. The number of hydrogen-bond acceptors (Lipinski definition) is 6. The van der Waals surface area contributed by atoms with E-state index < -0.39 is 17.7 Å². The van der Waals surface area contributed by atoms with Crippen molar-refractivity contribution < 1.29 is 18.7 Å². The molecule has 27 heavy (non-hydrogen) atoms. The molecule has 8 heteroatoms. The second-order valence-electron chi connectivity index (χ2n) is 6.65. The van der Waals surface area contributed by atoms with Crippen molar-refractivity contribution in [2.75, 3.05) is 20.2 Å². The number of carbonyl (C=O) groups excluding carboxylic acids is 2. The SMILES string of the molecule is CCCc1c(OCCCNC)ccc2oc(=O)n(C3CCC(=O)NC3=O)c12. The standard InChI is InChI=1S/C19H25N3O5/c1-3-5-12-14(26-11-4-10-20-2)7-8-15-17(12)22(19(25)27-15)13-6-9-16(23)21-18(13)24/h7-8,13,20H,3-6,9-11H2,1-2H3,(H,21,23,24). The number of nitrogens with zero attached hydrogens (tertiary/aromatic N) is 1. The fraction of sp³-hybridized carbons (Fsp3) is 0.526. The largest absolute Gasteiger partial charge is 0.493 e. The fourth-order valence-electron chi connectivity index (χ4n) is 3.45. The Labute approximate surface area is 156 Å². The lowest BCUT2D eigenvalue weighted by Crippen LogP contribution is -2.43. The Morgan fingerprint density at radius 3 is 2.85 bits per heavy atom. The third-order valence-corrected chi connectivity index (χ3v) is 4.69. The van der Waals surface area contributed by atoms with Crippen LogP contribution in [-0.2, 0) is 16.0 Å². The summed E-state index contributed by atoms with van der Waals surface area (Å²) in [6.07, 6.45) is 2.86. The number of aryl methyl sites for hydroxylation is 1. The number of amides is 2. The molecular formula is C19H25N3O5. The molecule has 1 unspecified atom stereocenters. The molecular weight excluding hydrogens is 350 g/mol. The van der Waals surface area contributed by atoms with Crippen LogP contribution in [0.2, 0.25) is 0 Å². The molecule has 2 amide bonds. The summed E-state index contributed by atoms with van der Waals surface area (Å²) in [4.78, 5) is 36.3. The highest BCUT2D eigenvalue weighted by Gasteiger charge is 2.32. The summed E-state index contributed by atoms with van der Waals surface area (Å²) in [6, 6.07) is 2.75. The van der Waals surface area contributed by atoms with Gasteiger partial charge in [-0.1, -0.05) is 13.3 Å². The lowest BCUT2D eigenvalue weighted by Gasteiger charge is -2.22. The van der Waals surface area contributed by atoms with Gasteiger partial charge in [-0.25, -0.2) is 4.79 Å². The van der Waals surface area contributed by atoms with Gasteiger partial charge in [-0.05, 0) is 45.0 Å². The van der Waals surface area contributed by atoms with E-state index in [0.29, 0.717) is 29.9 Å². The van der Waals surface area contributed by atoms with E-state index in [-0.39, 0.29) is 18.7 Å². The lowest BCUT2D eigenvalue weighted by molar-refractivity contribution is -0.135. The van der Waals surface area contributed by atoms with Gasteiger partial charge in [-0.2, -0.15) is 0 Å². The van der Waals surface area contributed by atoms with Crippen LogP contribution in [0.15, 0.2) is 21.3 Å². The Hall–Kier alpha value is -2.61. The molecule has 2 N–H and O–H groups in total. The van der Waals surface area contributed by atoms with Crippen molar-refractivity contribution >= 4 is 22.9 Å². The molecule has 8 nitrogen and oxygen atoms in total. The van der Waals surface area contributed by atoms with E-state index in [1.165, 1.54) is 4.57 Å². The molecule has 0 spiro atoms. The molecule has 0 aliphatic carbocycles. The first-order valence-corrected chi connectivity index (χ1v) is 9.34. The maximum atomic E-state index is 12.5. The third kappa shape index (κ3) is 3.90. The second-order valence-corrected chi connectivity index (χ2v) is 6.65. The maximum absolute atomic E-state index is 12.5. The summed E-state index contributed by atoms with van der Waals surface area (Å²) in [7, 11) is 1.89. The minimum atomic E-state index is -0.758. The van der Waals surface area contributed by atoms with Crippen LogP contribution >= 0.6 is 0 Å². The first kappa shape index (κ1) is 19.2. The Morgan fingerprint density at radius 2 is 2.15 bits per heavy atom. The van der Waals surface area contributed by atoms with E-state index >= 15 is 0 Å². The normalized spacial score (nSPS) is 17.3. The summed E-state index contributed by atoms with van der Waals surface area (Å²) in [6.45, 7) is 3.43. The van der Waals surface area contributed by atoms with Gasteiger partial charge in [-0.3, -0.25) is 19.5 Å². The van der Waals surface area contributed by atoms with Gasteiger partial charge in [0.1, 0.15) is 11.8 Å². The van der Waals surface area contributed by atoms with Crippen LogP contribution in [0.3, 0.4) is 0 Å². The monoisotopic (exact) mass is 375 g/mol. The molecule has 0 radical (unpaired) electrons. The number of ether oxygens (including phenoxy) is 1. The van der Waals surface area contributed by atoms with E-state index in [1.807, 2.05) is 20.0 Å². The molecule has 2 heterocycles. The molecule has 3 rings (SSSR count). The third-order valence-electron chi connectivity index (χ3n) is 4.69. The molecule has 2 aromatic rings. The number of imide groups is 1. The van der Waals surface area contributed by atoms with Gasteiger partial charge >= 0.3 is 5.76 Å². The van der Waals surface area contributed by atoms with Crippen molar-refractivity contribution in [1.29, 1.82) is 0 Å². The molecule has 1 saturated heterocycles. The van der Waals surface area contributed by atoms with Gasteiger partial charge in [0.05, 0.1) is 12.1 Å². The number of fused-ring (bicyclic) bond motifs is 1. The summed E-state index contributed by atoms with van der Waals surface area (Å²) in [5.41, 5.74) is 1.87. The van der Waals surface area contributed by atoms with Gasteiger partial charge in [0.25, 0.3) is 0 Å². The zero-order valence-corrected chi connectivity index (χ0v) is 15.7. The zero-order valence-electron chi connectivity index (χ0n) is 15.7. The van der Waals surface area contributed by atoms with E-state index in [4.69, 9.17) is 9.15 Å². The first-order chi connectivity index (χ1) is 13.1. The molecule has 1 aliphatic heterocycles. The minimum Gasteiger partial charge on any atom is -0.493 e. The topological polar surface area (TPSA) is 103 Å². The van der Waals surface area contributed by atoms with E-state index in [9.17, 15) is 14.4 Å². The van der Waals surface area contributed by atoms with Gasteiger partial charge in [0.2, 0.25) is 11.8 Å². The van der Waals surface area contributed by atoms with Crippen LogP contribution in [0, 0.1) is 0 Å². The number of hydrogen-bond donors (Lipinski definition) is 2. The predicted molar refractivity (Wildman–Crippen MR) is 99.9 cm³/mol. The van der Waals surface area contributed by atoms with Gasteiger partial charge in [-0.15, -0.1) is 0 Å². The van der Waals surface area contributed by atoms with Crippen molar-refractivity contribution in [2.45, 2.75) is 45.1 Å². The first-order valence-electron chi connectivity index (χ1n) is 9.34. The maximum Gasteiger partial charge on any atom is 0.420 e. The fourth-order valence-corrected chi connectivity index (χ4v) is 3.45. The summed E-state index contributed by atoms with van der Waals surface area (Å²) >= 11 is 0. The highest BCUT2D eigenvalue weighted by molar-refractivity contribution is 6.00. The molecule has 146 valence electrons. The summed E-state index contributed by atoms with van der Waals surface area (Å²) in [5, 5.41) is 5.38. The Kier molecular flexibility index (Phi) is 5.95. The number of rotatable bonds is 8. The van der Waals surface area contributed by atoms with Gasteiger partial charge in [0, 0.05) is 12.0 Å². The quantitative estimate of drug-likeness (QED) is 0.536. The van der Waals surface area contributed by atoms with Crippen LogP contribution in [0.5, 0.6) is 5.75 Å². The number of piperidine rings is 1. The molecule has 1 atom stereocenters. The van der Waals surface area contributed by atoms with Crippen molar-refractivity contribution in [3.8, 4) is 5.75 Å². The average Bonchev–Trinajstić information content (AvgIpc) is 2.97. The summed E-state index contributed by atoms with van der Waals surface area (Å²) in [5.74, 6) is -0.690.